The van der Waals surface area contributed by atoms with Gasteiger partial charge in [0, 0.05) is 18.2 Å². The number of amides is 1. The molecule has 0 bridgehead atoms. The van der Waals surface area contributed by atoms with Gasteiger partial charge < -0.3 is 16.4 Å². The first-order chi connectivity index (χ1) is 10.7. The molecule has 0 spiro atoms. The standard InChI is InChI=1S/C17H26N4O/c1-2-10-19-17(18)20-12-13-6-5-9-15(11-13)21-16(22)14-7-3-4-8-14/h5-6,9,11,14H,2-4,7-8,10,12H2,1H3,(H,21,22)(H3,18,19,20). The number of nitrogens with one attached hydrogen (secondary N) is 2. The van der Waals surface area contributed by atoms with E-state index in [-0.39, 0.29) is 11.8 Å². The van der Waals surface area contributed by atoms with Gasteiger partial charge in [-0.15, -0.1) is 0 Å². The number of hydrogen-bond acceptors (Lipinski definition) is 2. The maximum Gasteiger partial charge on any atom is 0.227 e. The van der Waals surface area contributed by atoms with Crippen LogP contribution in [0.2, 0.25) is 0 Å². The van der Waals surface area contributed by atoms with Crippen LogP contribution in [-0.4, -0.2) is 18.4 Å². The van der Waals surface area contributed by atoms with Crippen LogP contribution < -0.4 is 16.4 Å². The first-order valence-electron chi connectivity index (χ1n) is 8.12. The lowest BCUT2D eigenvalue weighted by molar-refractivity contribution is -0.119. The summed E-state index contributed by atoms with van der Waals surface area (Å²) in [6.45, 7) is 3.42. The molecule has 120 valence electrons. The maximum atomic E-state index is 12.1. The lowest BCUT2D eigenvalue weighted by atomic mass is 10.1. The molecule has 0 unspecified atom stereocenters. The van der Waals surface area contributed by atoms with Gasteiger partial charge in [0.1, 0.15) is 0 Å². The molecule has 1 aromatic rings. The molecule has 4 N–H and O–H groups in total. The highest BCUT2D eigenvalue weighted by Gasteiger charge is 2.22. The van der Waals surface area contributed by atoms with Gasteiger partial charge in [0.25, 0.3) is 0 Å². The van der Waals surface area contributed by atoms with Crippen LogP contribution in [0, 0.1) is 5.92 Å². The van der Waals surface area contributed by atoms with Crippen LogP contribution >= 0.6 is 0 Å². The van der Waals surface area contributed by atoms with E-state index in [4.69, 9.17) is 5.73 Å². The summed E-state index contributed by atoms with van der Waals surface area (Å²) in [6.07, 6.45) is 5.36. The summed E-state index contributed by atoms with van der Waals surface area (Å²) in [7, 11) is 0. The van der Waals surface area contributed by atoms with Gasteiger partial charge in [-0.3, -0.25) is 4.79 Å². The largest absolute Gasteiger partial charge is 0.370 e. The van der Waals surface area contributed by atoms with E-state index in [2.05, 4.69) is 22.5 Å². The highest BCUT2D eigenvalue weighted by molar-refractivity contribution is 5.92. The molecular formula is C17H26N4O. The van der Waals surface area contributed by atoms with Crippen molar-refractivity contribution in [1.82, 2.24) is 5.32 Å². The molecule has 5 heteroatoms. The fourth-order valence-corrected chi connectivity index (χ4v) is 2.67. The number of nitrogens with two attached hydrogens (primary N) is 1. The van der Waals surface area contributed by atoms with Crippen molar-refractivity contribution in [3.05, 3.63) is 29.8 Å². The van der Waals surface area contributed by atoms with Crippen molar-refractivity contribution in [3.8, 4) is 0 Å². The number of carbonyl (C=O) groups excluding carboxylic acids is 1. The van der Waals surface area contributed by atoms with Crippen LogP contribution in [0.1, 0.15) is 44.6 Å². The molecular weight excluding hydrogens is 276 g/mol. The SMILES string of the molecule is CCCNC(N)=NCc1cccc(NC(=O)C2CCCC2)c1. The highest BCUT2D eigenvalue weighted by atomic mass is 16.1. The first-order valence-corrected chi connectivity index (χ1v) is 8.12. The van der Waals surface area contributed by atoms with E-state index in [1.807, 2.05) is 24.3 Å². The van der Waals surface area contributed by atoms with Gasteiger partial charge >= 0.3 is 0 Å². The lowest BCUT2D eigenvalue weighted by Gasteiger charge is -2.11. The second-order valence-electron chi connectivity index (χ2n) is 5.80. The summed E-state index contributed by atoms with van der Waals surface area (Å²) in [5.74, 6) is 0.778. The van der Waals surface area contributed by atoms with E-state index in [9.17, 15) is 4.79 Å². The monoisotopic (exact) mass is 302 g/mol. The Balaban J connectivity index is 1.90. The van der Waals surface area contributed by atoms with Crippen molar-refractivity contribution in [2.45, 2.75) is 45.6 Å². The third kappa shape index (κ3) is 5.06. The Morgan fingerprint density at radius 1 is 1.36 bits per heavy atom. The molecule has 2 rings (SSSR count). The van der Waals surface area contributed by atoms with E-state index < -0.39 is 0 Å². The number of benzene rings is 1. The molecule has 1 aliphatic carbocycles. The minimum Gasteiger partial charge on any atom is -0.370 e. The van der Waals surface area contributed by atoms with E-state index >= 15 is 0 Å². The topological polar surface area (TPSA) is 79.5 Å². The zero-order valence-corrected chi connectivity index (χ0v) is 13.3. The second-order valence-corrected chi connectivity index (χ2v) is 5.80. The van der Waals surface area contributed by atoms with Crippen molar-refractivity contribution in [2.75, 3.05) is 11.9 Å². The minimum atomic E-state index is 0.141. The average molecular weight is 302 g/mol. The lowest BCUT2D eigenvalue weighted by Crippen LogP contribution is -2.32. The second kappa shape index (κ2) is 8.41. The van der Waals surface area contributed by atoms with Gasteiger partial charge in [-0.25, -0.2) is 4.99 Å². The molecule has 0 aliphatic heterocycles. The Kier molecular flexibility index (Phi) is 6.25. The number of anilines is 1. The number of hydrogen-bond donors (Lipinski definition) is 3. The van der Waals surface area contributed by atoms with Crippen molar-refractivity contribution < 1.29 is 4.79 Å². The van der Waals surface area contributed by atoms with Crippen LogP contribution in [0.4, 0.5) is 5.69 Å². The maximum absolute atomic E-state index is 12.1. The summed E-state index contributed by atoms with van der Waals surface area (Å²) in [4.78, 5) is 16.4. The van der Waals surface area contributed by atoms with Crippen LogP contribution in [0.25, 0.3) is 0 Å². The molecule has 5 nitrogen and oxygen atoms in total. The fraction of sp³-hybridized carbons (Fsp3) is 0.529. The molecule has 1 aliphatic rings. The molecule has 0 radical (unpaired) electrons. The van der Waals surface area contributed by atoms with Crippen molar-refractivity contribution in [2.24, 2.45) is 16.6 Å². The summed E-state index contributed by atoms with van der Waals surface area (Å²) in [6, 6.07) is 7.80. The Bertz CT molecular complexity index is 521. The van der Waals surface area contributed by atoms with E-state index in [0.717, 1.165) is 49.9 Å². The van der Waals surface area contributed by atoms with Gasteiger partial charge in [-0.1, -0.05) is 31.9 Å². The third-order valence-electron chi connectivity index (χ3n) is 3.91. The van der Waals surface area contributed by atoms with Crippen molar-refractivity contribution in [1.29, 1.82) is 0 Å². The number of nitrogens with zero attached hydrogens (tertiary/aromatic N) is 1. The van der Waals surface area contributed by atoms with Gasteiger partial charge in [0.2, 0.25) is 5.91 Å². The summed E-state index contributed by atoms with van der Waals surface area (Å²) in [5, 5.41) is 6.06. The van der Waals surface area contributed by atoms with Crippen LogP contribution in [0.15, 0.2) is 29.3 Å². The van der Waals surface area contributed by atoms with Gasteiger partial charge in [0.15, 0.2) is 5.96 Å². The summed E-state index contributed by atoms with van der Waals surface area (Å²) in [5.41, 5.74) is 7.65. The molecule has 1 fully saturated rings. The Morgan fingerprint density at radius 3 is 2.86 bits per heavy atom. The zero-order valence-electron chi connectivity index (χ0n) is 13.3. The van der Waals surface area contributed by atoms with Gasteiger partial charge in [-0.2, -0.15) is 0 Å². The quantitative estimate of drug-likeness (QED) is 0.558. The third-order valence-corrected chi connectivity index (χ3v) is 3.91. The van der Waals surface area contributed by atoms with E-state index in [1.165, 1.54) is 0 Å². The molecule has 1 aromatic carbocycles. The highest BCUT2D eigenvalue weighted by Crippen LogP contribution is 2.26. The van der Waals surface area contributed by atoms with Crippen LogP contribution in [0.5, 0.6) is 0 Å². The smallest absolute Gasteiger partial charge is 0.227 e. The van der Waals surface area contributed by atoms with Gasteiger partial charge in [-0.05, 0) is 37.0 Å². The minimum absolute atomic E-state index is 0.141. The summed E-state index contributed by atoms with van der Waals surface area (Å²) < 4.78 is 0. The molecule has 0 atom stereocenters. The predicted octanol–water partition coefficient (Wildman–Crippen LogP) is 2.63. The first kappa shape index (κ1) is 16.3. The zero-order chi connectivity index (χ0) is 15.8. The van der Waals surface area contributed by atoms with Crippen LogP contribution in [0.3, 0.4) is 0 Å². The summed E-state index contributed by atoms with van der Waals surface area (Å²) >= 11 is 0. The normalized spacial score (nSPS) is 15.8. The number of guanidine groups is 1. The fourth-order valence-electron chi connectivity index (χ4n) is 2.67. The van der Waals surface area contributed by atoms with E-state index in [0.29, 0.717) is 12.5 Å². The van der Waals surface area contributed by atoms with Crippen LogP contribution in [-0.2, 0) is 11.3 Å². The number of aliphatic imine (C=N–C) groups is 1. The Morgan fingerprint density at radius 2 is 2.14 bits per heavy atom. The Labute approximate surface area is 132 Å². The van der Waals surface area contributed by atoms with Crippen molar-refractivity contribution >= 4 is 17.6 Å². The molecule has 0 heterocycles. The average Bonchev–Trinajstić information content (AvgIpc) is 3.06. The number of carbonyl (C=O) groups is 1. The van der Waals surface area contributed by atoms with E-state index in [1.54, 1.807) is 0 Å². The number of rotatable bonds is 6. The molecule has 0 aromatic heterocycles. The molecule has 1 saturated carbocycles. The molecule has 1 amide bonds. The Hall–Kier alpha value is -2.04. The van der Waals surface area contributed by atoms with Gasteiger partial charge in [0.05, 0.1) is 6.54 Å². The molecule has 0 saturated heterocycles. The predicted molar refractivity (Wildman–Crippen MR) is 90.6 cm³/mol. The molecule has 22 heavy (non-hydrogen) atoms. The van der Waals surface area contributed by atoms with Crippen molar-refractivity contribution in [3.63, 3.8) is 0 Å².